The lowest BCUT2D eigenvalue weighted by Crippen LogP contribution is -2.13. The van der Waals surface area contributed by atoms with Crippen LogP contribution >= 0.6 is 11.8 Å². The summed E-state index contributed by atoms with van der Waals surface area (Å²) in [6, 6.07) is 13.7. The van der Waals surface area contributed by atoms with Gasteiger partial charge in [0, 0.05) is 16.3 Å². The number of hydrogen-bond donors (Lipinski definition) is 2. The average Bonchev–Trinajstić information content (AvgIpc) is 2.95. The van der Waals surface area contributed by atoms with Crippen molar-refractivity contribution in [1.82, 2.24) is 0 Å². The summed E-state index contributed by atoms with van der Waals surface area (Å²) in [6.07, 6.45) is 3.61. The van der Waals surface area contributed by atoms with Gasteiger partial charge in [0.2, 0.25) is 5.91 Å². The van der Waals surface area contributed by atoms with Crippen LogP contribution in [-0.4, -0.2) is 11.7 Å². The van der Waals surface area contributed by atoms with Gasteiger partial charge in [-0.2, -0.15) is 0 Å². The number of hydrogen-bond acceptors (Lipinski definition) is 3. The smallest absolute Gasteiger partial charge is 0.234 e. The molecule has 0 saturated heterocycles. The third-order valence-electron chi connectivity index (χ3n) is 3.63. The predicted octanol–water partition coefficient (Wildman–Crippen LogP) is 3.49. The van der Waals surface area contributed by atoms with Gasteiger partial charge in [-0.25, -0.2) is 0 Å². The first kappa shape index (κ1) is 14.0. The van der Waals surface area contributed by atoms with E-state index < -0.39 is 0 Å². The van der Waals surface area contributed by atoms with Crippen LogP contribution in [0.15, 0.2) is 47.4 Å². The van der Waals surface area contributed by atoms with E-state index in [4.69, 9.17) is 5.73 Å². The van der Waals surface area contributed by atoms with Gasteiger partial charge in [0.15, 0.2) is 0 Å². The van der Waals surface area contributed by atoms with Crippen LogP contribution in [0.1, 0.15) is 17.5 Å². The monoisotopic (exact) mass is 298 g/mol. The minimum Gasteiger partial charge on any atom is -0.399 e. The Morgan fingerprint density at radius 3 is 2.67 bits per heavy atom. The van der Waals surface area contributed by atoms with Crippen molar-refractivity contribution in [2.45, 2.75) is 24.2 Å². The Labute approximate surface area is 128 Å². The van der Waals surface area contributed by atoms with Crippen LogP contribution in [0.3, 0.4) is 0 Å². The first-order chi connectivity index (χ1) is 10.2. The first-order valence-corrected chi connectivity index (χ1v) is 8.09. The summed E-state index contributed by atoms with van der Waals surface area (Å²) in [6.45, 7) is 0. The summed E-state index contributed by atoms with van der Waals surface area (Å²) in [4.78, 5) is 13.1. The molecule has 2 aromatic carbocycles. The molecule has 0 fully saturated rings. The number of carbonyl (C=O) groups is 1. The van der Waals surface area contributed by atoms with E-state index in [0.29, 0.717) is 11.4 Å². The van der Waals surface area contributed by atoms with E-state index in [2.05, 4.69) is 23.5 Å². The second-order valence-corrected chi connectivity index (χ2v) is 6.29. The Balaban J connectivity index is 1.55. The number of nitrogens with one attached hydrogen (secondary N) is 1. The molecule has 0 heterocycles. The van der Waals surface area contributed by atoms with Gasteiger partial charge in [-0.3, -0.25) is 4.79 Å². The highest BCUT2D eigenvalue weighted by atomic mass is 32.2. The molecular weight excluding hydrogens is 280 g/mol. The highest BCUT2D eigenvalue weighted by Gasteiger charge is 2.11. The summed E-state index contributed by atoms with van der Waals surface area (Å²) < 4.78 is 0. The van der Waals surface area contributed by atoms with Crippen molar-refractivity contribution < 1.29 is 4.79 Å². The summed E-state index contributed by atoms with van der Waals surface area (Å²) in [7, 11) is 0. The predicted molar refractivity (Wildman–Crippen MR) is 88.7 cm³/mol. The zero-order valence-corrected chi connectivity index (χ0v) is 12.6. The fraction of sp³-hybridized carbons (Fsp3) is 0.235. The van der Waals surface area contributed by atoms with E-state index in [-0.39, 0.29) is 5.91 Å². The second-order valence-electron chi connectivity index (χ2n) is 5.24. The lowest BCUT2D eigenvalue weighted by Gasteiger charge is -2.07. The number of carbonyl (C=O) groups excluding carboxylic acids is 1. The minimum atomic E-state index is 0.00488. The lowest BCUT2D eigenvalue weighted by atomic mass is 10.1. The van der Waals surface area contributed by atoms with Gasteiger partial charge in [-0.05, 0) is 66.8 Å². The number of anilines is 2. The van der Waals surface area contributed by atoms with E-state index in [9.17, 15) is 4.79 Å². The molecule has 2 aromatic rings. The largest absolute Gasteiger partial charge is 0.399 e. The molecular formula is C17H18N2OS. The molecule has 0 radical (unpaired) electrons. The number of thioether (sulfide) groups is 1. The maximum absolute atomic E-state index is 11.9. The number of nitrogen functional groups attached to an aromatic ring is 1. The van der Waals surface area contributed by atoms with Crippen molar-refractivity contribution in [3.05, 3.63) is 53.6 Å². The maximum atomic E-state index is 11.9. The number of rotatable bonds is 4. The Hall–Kier alpha value is -1.94. The number of benzene rings is 2. The highest BCUT2D eigenvalue weighted by Crippen LogP contribution is 2.27. The van der Waals surface area contributed by atoms with Crippen LogP contribution in [-0.2, 0) is 17.6 Å². The SMILES string of the molecule is Nc1ccc(NC(=O)CSc2ccc3c(c2)CCC3)cc1. The third-order valence-corrected chi connectivity index (χ3v) is 4.63. The number of aryl methyl sites for hydroxylation is 2. The fourth-order valence-corrected chi connectivity index (χ4v) is 3.31. The summed E-state index contributed by atoms with van der Waals surface area (Å²) in [5, 5.41) is 2.88. The van der Waals surface area contributed by atoms with Crippen LogP contribution < -0.4 is 11.1 Å². The quantitative estimate of drug-likeness (QED) is 0.671. The molecule has 3 nitrogen and oxygen atoms in total. The van der Waals surface area contributed by atoms with Crippen LogP contribution in [0.25, 0.3) is 0 Å². The molecule has 1 amide bonds. The average molecular weight is 298 g/mol. The first-order valence-electron chi connectivity index (χ1n) is 7.11. The van der Waals surface area contributed by atoms with Crippen LogP contribution in [0.5, 0.6) is 0 Å². The standard InChI is InChI=1S/C17H18N2OS/c18-14-5-7-15(8-6-14)19-17(20)11-21-16-9-4-12-2-1-3-13(12)10-16/h4-10H,1-3,11,18H2,(H,19,20). The van der Waals surface area contributed by atoms with Crippen LogP contribution in [0.4, 0.5) is 11.4 Å². The van der Waals surface area contributed by atoms with Gasteiger partial charge in [-0.15, -0.1) is 11.8 Å². The number of amides is 1. The highest BCUT2D eigenvalue weighted by molar-refractivity contribution is 8.00. The Morgan fingerprint density at radius 2 is 1.86 bits per heavy atom. The molecule has 21 heavy (non-hydrogen) atoms. The van der Waals surface area contributed by atoms with Crippen molar-refractivity contribution >= 4 is 29.0 Å². The Morgan fingerprint density at radius 1 is 1.10 bits per heavy atom. The molecule has 1 aliphatic carbocycles. The van der Waals surface area contributed by atoms with Gasteiger partial charge in [0.05, 0.1) is 5.75 Å². The van der Waals surface area contributed by atoms with Gasteiger partial charge < -0.3 is 11.1 Å². The Bertz CT molecular complexity index is 652. The van der Waals surface area contributed by atoms with Crippen molar-refractivity contribution in [1.29, 1.82) is 0 Å². The molecule has 4 heteroatoms. The molecule has 3 rings (SSSR count). The van der Waals surface area contributed by atoms with Gasteiger partial charge in [0.1, 0.15) is 0 Å². The van der Waals surface area contributed by atoms with Gasteiger partial charge in [0.25, 0.3) is 0 Å². The molecule has 0 aliphatic heterocycles. The van der Waals surface area contributed by atoms with Crippen molar-refractivity contribution in [2.75, 3.05) is 16.8 Å². The van der Waals surface area contributed by atoms with Crippen molar-refractivity contribution in [3.63, 3.8) is 0 Å². The maximum Gasteiger partial charge on any atom is 0.234 e. The third kappa shape index (κ3) is 3.58. The van der Waals surface area contributed by atoms with Crippen molar-refractivity contribution in [3.8, 4) is 0 Å². The van der Waals surface area contributed by atoms with Gasteiger partial charge in [-0.1, -0.05) is 6.07 Å². The molecule has 0 bridgehead atoms. The molecule has 0 saturated carbocycles. The van der Waals surface area contributed by atoms with E-state index in [0.717, 1.165) is 5.69 Å². The fourth-order valence-electron chi connectivity index (χ4n) is 2.55. The molecule has 0 unspecified atom stereocenters. The zero-order chi connectivity index (χ0) is 14.7. The number of fused-ring (bicyclic) bond motifs is 1. The number of nitrogens with two attached hydrogens (primary N) is 1. The van der Waals surface area contributed by atoms with E-state index in [1.807, 2.05) is 12.1 Å². The molecule has 0 atom stereocenters. The van der Waals surface area contributed by atoms with E-state index >= 15 is 0 Å². The van der Waals surface area contributed by atoms with E-state index in [1.54, 1.807) is 23.9 Å². The second kappa shape index (κ2) is 6.22. The normalized spacial score (nSPS) is 13.0. The van der Waals surface area contributed by atoms with E-state index in [1.165, 1.54) is 35.3 Å². The minimum absolute atomic E-state index is 0.00488. The molecule has 3 N–H and O–H groups in total. The summed E-state index contributed by atoms with van der Waals surface area (Å²) in [5.74, 6) is 0.425. The molecule has 1 aliphatic rings. The molecule has 0 aromatic heterocycles. The van der Waals surface area contributed by atoms with Crippen LogP contribution in [0, 0.1) is 0 Å². The lowest BCUT2D eigenvalue weighted by molar-refractivity contribution is -0.113. The summed E-state index contributed by atoms with van der Waals surface area (Å²) in [5.41, 5.74) is 10.0. The van der Waals surface area contributed by atoms with Crippen molar-refractivity contribution in [2.24, 2.45) is 0 Å². The topological polar surface area (TPSA) is 55.1 Å². The molecule has 0 spiro atoms. The Kier molecular flexibility index (Phi) is 4.15. The zero-order valence-electron chi connectivity index (χ0n) is 11.8. The molecule has 108 valence electrons. The van der Waals surface area contributed by atoms with Crippen LogP contribution in [0.2, 0.25) is 0 Å². The summed E-state index contributed by atoms with van der Waals surface area (Å²) >= 11 is 1.58. The van der Waals surface area contributed by atoms with Gasteiger partial charge >= 0.3 is 0 Å².